The third-order valence-electron chi connectivity index (χ3n) is 1.45. The maximum Gasteiger partial charge on any atom is 0.318 e. The Bertz CT molecular complexity index is 297. The smallest absolute Gasteiger partial charge is 0.318 e. The first-order valence-electron chi connectivity index (χ1n) is 4.53. The summed E-state index contributed by atoms with van der Waals surface area (Å²) in [4.78, 5) is 0. The summed E-state index contributed by atoms with van der Waals surface area (Å²) in [5, 5.41) is 35.8. The number of aliphatic hydroxyl groups is 4. The van der Waals surface area contributed by atoms with E-state index in [-0.39, 0.29) is 11.5 Å². The highest BCUT2D eigenvalue weighted by Gasteiger charge is 2.19. The van der Waals surface area contributed by atoms with Gasteiger partial charge in [0.2, 0.25) is 0 Å². The highest BCUT2D eigenvalue weighted by molar-refractivity contribution is 5.31. The van der Waals surface area contributed by atoms with Crippen molar-refractivity contribution in [2.75, 3.05) is 0 Å². The third-order valence-corrected chi connectivity index (χ3v) is 1.45. The van der Waals surface area contributed by atoms with Gasteiger partial charge in [-0.2, -0.15) is 0 Å². The van der Waals surface area contributed by atoms with Crippen LogP contribution in [0, 0.1) is 0 Å². The fourth-order valence-corrected chi connectivity index (χ4v) is 1.02. The predicted molar refractivity (Wildman–Crippen MR) is 53.4 cm³/mol. The summed E-state index contributed by atoms with van der Waals surface area (Å²) in [5.41, 5.74) is 0. The van der Waals surface area contributed by atoms with Gasteiger partial charge in [-0.25, -0.2) is 0 Å². The molecule has 0 aliphatic rings. The lowest BCUT2D eigenvalue weighted by atomic mass is 10.3. The molecule has 0 atom stereocenters. The van der Waals surface area contributed by atoms with Gasteiger partial charge in [-0.05, 0) is 24.3 Å². The number of hydrogen-bond donors (Lipinski definition) is 4. The normalized spacial score (nSPS) is 12.4. The molecule has 1 aromatic carbocycles. The van der Waals surface area contributed by atoms with Crippen LogP contribution in [0.5, 0.6) is 11.5 Å². The zero-order valence-corrected chi connectivity index (χ0v) is 8.91. The van der Waals surface area contributed by atoms with Gasteiger partial charge in [0.05, 0.1) is 0 Å². The molecular weight excluding hydrogens is 216 g/mol. The average Bonchev–Trinajstić information content (AvgIpc) is 2.03. The van der Waals surface area contributed by atoms with Crippen LogP contribution < -0.4 is 9.47 Å². The van der Waals surface area contributed by atoms with Crippen molar-refractivity contribution >= 4 is 0 Å². The van der Waals surface area contributed by atoms with Crippen LogP contribution in [-0.4, -0.2) is 32.4 Å². The van der Waals surface area contributed by atoms with Crippen molar-refractivity contribution in [1.82, 2.24) is 0 Å². The first-order valence-corrected chi connectivity index (χ1v) is 4.53. The van der Waals surface area contributed by atoms with Crippen LogP contribution in [0.3, 0.4) is 0 Å². The zero-order valence-electron chi connectivity index (χ0n) is 8.91. The molecule has 4 N–H and O–H groups in total. The summed E-state index contributed by atoms with van der Waals surface area (Å²) < 4.78 is 9.43. The standard InChI is InChI=1S/C10H14O6/c1-9(11,12)15-7-3-5-8(6-4-7)16-10(2,13)14/h3-6,11-14H,1-2H3. The second kappa shape index (κ2) is 4.26. The van der Waals surface area contributed by atoms with E-state index in [9.17, 15) is 0 Å². The van der Waals surface area contributed by atoms with Crippen LogP contribution >= 0.6 is 0 Å². The minimum Gasteiger partial charge on any atom is -0.439 e. The SMILES string of the molecule is CC(O)(O)Oc1ccc(OC(C)(O)O)cc1. The van der Waals surface area contributed by atoms with Crippen molar-refractivity contribution in [2.45, 2.75) is 25.8 Å². The Morgan fingerprint density at radius 3 is 1.19 bits per heavy atom. The van der Waals surface area contributed by atoms with Gasteiger partial charge in [0.1, 0.15) is 11.5 Å². The van der Waals surface area contributed by atoms with Crippen LogP contribution in [-0.2, 0) is 0 Å². The van der Waals surface area contributed by atoms with Gasteiger partial charge >= 0.3 is 11.9 Å². The Labute approximate surface area is 92.3 Å². The van der Waals surface area contributed by atoms with E-state index in [1.54, 1.807) is 0 Å². The van der Waals surface area contributed by atoms with E-state index in [1.807, 2.05) is 0 Å². The first kappa shape index (κ1) is 12.7. The second-order valence-corrected chi connectivity index (χ2v) is 3.54. The summed E-state index contributed by atoms with van der Waals surface area (Å²) in [6, 6.07) is 5.58. The summed E-state index contributed by atoms with van der Waals surface area (Å²) in [7, 11) is 0. The average molecular weight is 230 g/mol. The quantitative estimate of drug-likeness (QED) is 0.533. The Morgan fingerprint density at radius 2 is 1.00 bits per heavy atom. The van der Waals surface area contributed by atoms with Crippen molar-refractivity contribution in [1.29, 1.82) is 0 Å². The van der Waals surface area contributed by atoms with E-state index in [0.29, 0.717) is 0 Å². The van der Waals surface area contributed by atoms with E-state index < -0.39 is 11.9 Å². The summed E-state index contributed by atoms with van der Waals surface area (Å²) >= 11 is 0. The van der Waals surface area contributed by atoms with Crippen molar-refractivity contribution in [3.05, 3.63) is 24.3 Å². The predicted octanol–water partition coefficient (Wildman–Crippen LogP) is -0.239. The second-order valence-electron chi connectivity index (χ2n) is 3.54. The molecule has 16 heavy (non-hydrogen) atoms. The number of hydrogen-bond acceptors (Lipinski definition) is 6. The van der Waals surface area contributed by atoms with E-state index >= 15 is 0 Å². The lowest BCUT2D eigenvalue weighted by Gasteiger charge is -2.19. The highest BCUT2D eigenvalue weighted by Crippen LogP contribution is 2.21. The molecule has 0 amide bonds. The molecule has 90 valence electrons. The lowest BCUT2D eigenvalue weighted by molar-refractivity contribution is -0.280. The summed E-state index contributed by atoms with van der Waals surface area (Å²) in [6.07, 6.45) is 0. The van der Waals surface area contributed by atoms with Crippen LogP contribution in [0.15, 0.2) is 24.3 Å². The van der Waals surface area contributed by atoms with Gasteiger partial charge < -0.3 is 29.9 Å². The summed E-state index contributed by atoms with van der Waals surface area (Å²) in [6.45, 7) is 2.13. The first-order chi connectivity index (χ1) is 7.16. The fraction of sp³-hybridized carbons (Fsp3) is 0.400. The molecule has 6 nitrogen and oxygen atoms in total. The van der Waals surface area contributed by atoms with Crippen molar-refractivity contribution in [3.8, 4) is 11.5 Å². The molecule has 0 aliphatic carbocycles. The molecule has 0 bridgehead atoms. The van der Waals surface area contributed by atoms with E-state index in [1.165, 1.54) is 24.3 Å². The molecule has 0 saturated carbocycles. The minimum atomic E-state index is -2.26. The van der Waals surface area contributed by atoms with Gasteiger partial charge in [-0.15, -0.1) is 0 Å². The van der Waals surface area contributed by atoms with E-state index in [2.05, 4.69) is 0 Å². The molecular formula is C10H14O6. The van der Waals surface area contributed by atoms with Crippen LogP contribution in [0.25, 0.3) is 0 Å². The molecule has 1 aromatic rings. The maximum absolute atomic E-state index is 8.95. The monoisotopic (exact) mass is 230 g/mol. The topological polar surface area (TPSA) is 99.4 Å². The molecule has 0 aromatic heterocycles. The Hall–Kier alpha value is -1.34. The lowest BCUT2D eigenvalue weighted by Crippen LogP contribution is -2.31. The van der Waals surface area contributed by atoms with Gasteiger partial charge in [0.25, 0.3) is 0 Å². The molecule has 0 unspecified atom stereocenters. The molecule has 0 fully saturated rings. The Kier molecular flexibility index (Phi) is 3.39. The van der Waals surface area contributed by atoms with Crippen LogP contribution in [0.1, 0.15) is 13.8 Å². The molecule has 1 rings (SSSR count). The number of rotatable bonds is 4. The molecule has 0 heterocycles. The zero-order chi connectivity index (χ0) is 12.4. The number of benzene rings is 1. The van der Waals surface area contributed by atoms with Gasteiger partial charge in [-0.3, -0.25) is 0 Å². The highest BCUT2D eigenvalue weighted by atomic mass is 16.8. The third kappa shape index (κ3) is 4.94. The molecule has 6 heteroatoms. The van der Waals surface area contributed by atoms with Crippen molar-refractivity contribution in [3.63, 3.8) is 0 Å². The largest absolute Gasteiger partial charge is 0.439 e. The Balaban J connectivity index is 2.69. The minimum absolute atomic E-state index is 0.206. The van der Waals surface area contributed by atoms with Crippen LogP contribution in [0.4, 0.5) is 0 Å². The Morgan fingerprint density at radius 1 is 0.750 bits per heavy atom. The van der Waals surface area contributed by atoms with E-state index in [0.717, 1.165) is 13.8 Å². The fourth-order valence-electron chi connectivity index (χ4n) is 1.02. The van der Waals surface area contributed by atoms with Gasteiger partial charge in [-0.1, -0.05) is 0 Å². The van der Waals surface area contributed by atoms with Crippen molar-refractivity contribution in [2.24, 2.45) is 0 Å². The van der Waals surface area contributed by atoms with Crippen LogP contribution in [0.2, 0.25) is 0 Å². The number of ether oxygens (including phenoxy) is 2. The van der Waals surface area contributed by atoms with Crippen molar-refractivity contribution < 1.29 is 29.9 Å². The van der Waals surface area contributed by atoms with Gasteiger partial charge in [0.15, 0.2) is 0 Å². The molecule has 0 spiro atoms. The van der Waals surface area contributed by atoms with E-state index in [4.69, 9.17) is 29.9 Å². The summed E-state index contributed by atoms with van der Waals surface area (Å²) in [5.74, 6) is -4.11. The molecule has 0 aliphatic heterocycles. The maximum atomic E-state index is 8.95. The van der Waals surface area contributed by atoms with Gasteiger partial charge in [0, 0.05) is 13.8 Å². The molecule has 0 radical (unpaired) electrons. The molecule has 0 saturated heterocycles.